The second-order valence-corrected chi connectivity index (χ2v) is 4.20. The molecule has 0 bridgehead atoms. The zero-order valence-corrected chi connectivity index (χ0v) is 10.2. The minimum Gasteiger partial charge on any atom is -0.320 e. The smallest absolute Gasteiger partial charge is 0.242 e. The topological polar surface area (TPSA) is 68.0 Å². The van der Waals surface area contributed by atoms with Crippen LogP contribution in [0.2, 0.25) is 5.02 Å². The van der Waals surface area contributed by atoms with Crippen LogP contribution in [-0.2, 0) is 4.79 Å². The molecule has 3 N–H and O–H groups in total. The number of nitrogens with zero attached hydrogens (tertiary/aromatic N) is 1. The highest BCUT2D eigenvalue weighted by atomic mass is 35.5. The summed E-state index contributed by atoms with van der Waals surface area (Å²) in [6.45, 7) is 3.94. The van der Waals surface area contributed by atoms with Gasteiger partial charge >= 0.3 is 0 Å². The number of aromatic nitrogens is 1. The van der Waals surface area contributed by atoms with Crippen LogP contribution in [0.3, 0.4) is 0 Å². The quantitative estimate of drug-likeness (QED) is 0.848. The van der Waals surface area contributed by atoms with Gasteiger partial charge in [0.2, 0.25) is 5.91 Å². The fourth-order valence-corrected chi connectivity index (χ4v) is 1.28. The molecule has 0 aliphatic rings. The van der Waals surface area contributed by atoms with Crippen LogP contribution >= 0.6 is 11.6 Å². The second kappa shape index (κ2) is 5.82. The van der Waals surface area contributed by atoms with Gasteiger partial charge < -0.3 is 11.1 Å². The van der Waals surface area contributed by atoms with Gasteiger partial charge in [0.05, 0.1) is 11.1 Å². The number of hydrogen-bond donors (Lipinski definition) is 2. The van der Waals surface area contributed by atoms with Crippen LogP contribution in [0.1, 0.15) is 20.3 Å². The van der Waals surface area contributed by atoms with E-state index in [0.29, 0.717) is 10.8 Å². The van der Waals surface area contributed by atoms with Gasteiger partial charge in [0.25, 0.3) is 0 Å². The van der Waals surface area contributed by atoms with E-state index in [1.807, 2.05) is 13.8 Å². The summed E-state index contributed by atoms with van der Waals surface area (Å²) >= 11 is 5.68. The molecule has 1 amide bonds. The van der Waals surface area contributed by atoms with Crippen LogP contribution in [0, 0.1) is 5.92 Å². The van der Waals surface area contributed by atoms with E-state index in [-0.39, 0.29) is 11.8 Å². The molecule has 0 saturated heterocycles. The van der Waals surface area contributed by atoms with E-state index in [1.54, 1.807) is 12.1 Å². The first-order chi connectivity index (χ1) is 7.54. The fourth-order valence-electron chi connectivity index (χ4n) is 1.17. The van der Waals surface area contributed by atoms with Crippen LogP contribution in [-0.4, -0.2) is 16.9 Å². The molecule has 0 aliphatic carbocycles. The van der Waals surface area contributed by atoms with E-state index in [2.05, 4.69) is 10.3 Å². The van der Waals surface area contributed by atoms with Crippen molar-refractivity contribution < 1.29 is 4.79 Å². The number of anilines is 1. The number of carbonyl (C=O) groups excluding carboxylic acids is 1. The first kappa shape index (κ1) is 12.9. The molecule has 1 heterocycles. The van der Waals surface area contributed by atoms with Crippen molar-refractivity contribution in [3.8, 4) is 0 Å². The lowest BCUT2D eigenvalue weighted by atomic mass is 9.99. The van der Waals surface area contributed by atoms with Crippen LogP contribution in [0.4, 0.5) is 5.82 Å². The summed E-state index contributed by atoms with van der Waals surface area (Å²) in [5.74, 6) is 0.393. The first-order valence-corrected chi connectivity index (χ1v) is 5.60. The molecule has 1 aromatic rings. The number of hydrogen-bond acceptors (Lipinski definition) is 3. The van der Waals surface area contributed by atoms with Gasteiger partial charge in [0.1, 0.15) is 5.82 Å². The molecular weight excluding hydrogens is 226 g/mol. The number of rotatable bonds is 4. The maximum Gasteiger partial charge on any atom is 0.242 e. The molecule has 1 rings (SSSR count). The Bertz CT molecular complexity index is 353. The summed E-state index contributed by atoms with van der Waals surface area (Å²) in [6, 6.07) is 2.80. The fraction of sp³-hybridized carbons (Fsp3) is 0.455. The molecule has 4 nitrogen and oxygen atoms in total. The molecule has 88 valence electrons. The summed E-state index contributed by atoms with van der Waals surface area (Å²) < 4.78 is 0. The Labute approximate surface area is 100 Å². The standard InChI is InChI=1S/C11H16ClN3O/c1-3-7(2)10(13)11(16)15-9-5-4-8(12)6-14-9/h4-7,10H,3,13H2,1-2H3,(H,14,15,16). The van der Waals surface area contributed by atoms with Crippen molar-refractivity contribution in [2.45, 2.75) is 26.3 Å². The van der Waals surface area contributed by atoms with Gasteiger partial charge in [-0.2, -0.15) is 0 Å². The van der Waals surface area contributed by atoms with Crippen LogP contribution < -0.4 is 11.1 Å². The summed E-state index contributed by atoms with van der Waals surface area (Å²) in [6.07, 6.45) is 2.34. The summed E-state index contributed by atoms with van der Waals surface area (Å²) in [5.41, 5.74) is 5.78. The first-order valence-electron chi connectivity index (χ1n) is 5.22. The number of halogens is 1. The minimum absolute atomic E-state index is 0.146. The molecule has 0 fully saturated rings. The number of pyridine rings is 1. The zero-order valence-electron chi connectivity index (χ0n) is 9.40. The van der Waals surface area contributed by atoms with Gasteiger partial charge in [0, 0.05) is 6.20 Å². The third kappa shape index (κ3) is 3.47. The largest absolute Gasteiger partial charge is 0.320 e. The maximum absolute atomic E-state index is 11.7. The van der Waals surface area contributed by atoms with Gasteiger partial charge in [-0.25, -0.2) is 4.98 Å². The zero-order chi connectivity index (χ0) is 12.1. The lowest BCUT2D eigenvalue weighted by molar-refractivity contribution is -0.118. The number of nitrogens with one attached hydrogen (secondary N) is 1. The van der Waals surface area contributed by atoms with Gasteiger partial charge in [-0.3, -0.25) is 4.79 Å². The highest BCUT2D eigenvalue weighted by Crippen LogP contribution is 2.11. The molecule has 2 unspecified atom stereocenters. The number of amides is 1. The van der Waals surface area contributed by atoms with E-state index in [1.165, 1.54) is 6.20 Å². The molecule has 0 saturated carbocycles. The Morgan fingerprint density at radius 3 is 2.81 bits per heavy atom. The Morgan fingerprint density at radius 1 is 1.62 bits per heavy atom. The summed E-state index contributed by atoms with van der Waals surface area (Å²) in [4.78, 5) is 15.7. The molecule has 0 aliphatic heterocycles. The number of nitrogens with two attached hydrogens (primary N) is 1. The van der Waals surface area contributed by atoms with Crippen molar-refractivity contribution in [1.82, 2.24) is 4.98 Å². The van der Waals surface area contributed by atoms with E-state index >= 15 is 0 Å². The normalized spacial score (nSPS) is 14.2. The van der Waals surface area contributed by atoms with Crippen molar-refractivity contribution in [2.75, 3.05) is 5.32 Å². The van der Waals surface area contributed by atoms with Crippen LogP contribution in [0.15, 0.2) is 18.3 Å². The Kier molecular flexibility index (Phi) is 4.71. The van der Waals surface area contributed by atoms with Gasteiger partial charge in [-0.05, 0) is 18.1 Å². The molecule has 1 aromatic heterocycles. The third-order valence-corrected chi connectivity index (χ3v) is 2.76. The molecular formula is C11H16ClN3O. The maximum atomic E-state index is 11.7. The summed E-state index contributed by atoms with van der Waals surface area (Å²) in [5, 5.41) is 3.18. The van der Waals surface area contributed by atoms with Gasteiger partial charge in [0.15, 0.2) is 0 Å². The van der Waals surface area contributed by atoms with Crippen molar-refractivity contribution in [3.05, 3.63) is 23.4 Å². The molecule has 0 aromatic carbocycles. The lowest BCUT2D eigenvalue weighted by Crippen LogP contribution is -2.40. The average Bonchev–Trinajstić information content (AvgIpc) is 2.30. The van der Waals surface area contributed by atoms with Gasteiger partial charge in [-0.1, -0.05) is 31.9 Å². The molecule has 16 heavy (non-hydrogen) atoms. The van der Waals surface area contributed by atoms with E-state index in [9.17, 15) is 4.79 Å². The predicted octanol–water partition coefficient (Wildman–Crippen LogP) is 2.05. The highest BCUT2D eigenvalue weighted by Gasteiger charge is 2.19. The number of carbonyl (C=O) groups is 1. The van der Waals surface area contributed by atoms with Gasteiger partial charge in [-0.15, -0.1) is 0 Å². The molecule has 0 spiro atoms. The Balaban J connectivity index is 2.60. The van der Waals surface area contributed by atoms with Crippen molar-refractivity contribution in [1.29, 1.82) is 0 Å². The van der Waals surface area contributed by atoms with Crippen LogP contribution in [0.5, 0.6) is 0 Å². The van der Waals surface area contributed by atoms with E-state index in [4.69, 9.17) is 17.3 Å². The highest BCUT2D eigenvalue weighted by molar-refractivity contribution is 6.30. The second-order valence-electron chi connectivity index (χ2n) is 3.76. The van der Waals surface area contributed by atoms with E-state index < -0.39 is 6.04 Å². The monoisotopic (exact) mass is 241 g/mol. The summed E-state index contributed by atoms with van der Waals surface area (Å²) in [7, 11) is 0. The lowest BCUT2D eigenvalue weighted by Gasteiger charge is -2.17. The van der Waals surface area contributed by atoms with E-state index in [0.717, 1.165) is 6.42 Å². The average molecular weight is 242 g/mol. The molecule has 5 heteroatoms. The van der Waals surface area contributed by atoms with Crippen molar-refractivity contribution in [2.24, 2.45) is 11.7 Å². The Hall–Kier alpha value is -1.13. The SMILES string of the molecule is CCC(C)C(N)C(=O)Nc1ccc(Cl)cn1. The molecule has 2 atom stereocenters. The predicted molar refractivity (Wildman–Crippen MR) is 65.3 cm³/mol. The van der Waals surface area contributed by atoms with Crippen LogP contribution in [0.25, 0.3) is 0 Å². The molecule has 0 radical (unpaired) electrons. The van der Waals surface area contributed by atoms with Crippen molar-refractivity contribution in [3.63, 3.8) is 0 Å². The minimum atomic E-state index is -0.512. The third-order valence-electron chi connectivity index (χ3n) is 2.54. The Morgan fingerprint density at radius 2 is 2.31 bits per heavy atom. The van der Waals surface area contributed by atoms with Crippen molar-refractivity contribution >= 4 is 23.3 Å².